The zero-order valence-electron chi connectivity index (χ0n) is 18.7. The van der Waals surface area contributed by atoms with Gasteiger partial charge in [-0.1, -0.05) is 12.1 Å². The van der Waals surface area contributed by atoms with Crippen molar-refractivity contribution in [1.82, 2.24) is 0 Å². The number of ether oxygens (including phenoxy) is 2. The first kappa shape index (κ1) is 24.7. The summed E-state index contributed by atoms with van der Waals surface area (Å²) in [7, 11) is 1.46. The Morgan fingerprint density at radius 2 is 2.06 bits per heavy atom. The monoisotopic (exact) mass is 470 g/mol. The first-order valence-electron chi connectivity index (χ1n) is 10.3. The van der Waals surface area contributed by atoms with Crippen molar-refractivity contribution in [3.8, 4) is 11.5 Å². The van der Waals surface area contributed by atoms with E-state index < -0.39 is 17.6 Å². The lowest BCUT2D eigenvalue weighted by Gasteiger charge is -2.15. The van der Waals surface area contributed by atoms with Crippen molar-refractivity contribution in [3.63, 3.8) is 0 Å². The number of methoxy groups -OCH3 is 1. The molecule has 3 aromatic rings. The summed E-state index contributed by atoms with van der Waals surface area (Å²) >= 11 is 0. The van der Waals surface area contributed by atoms with Crippen LogP contribution in [0.15, 0.2) is 63.6 Å². The molecule has 7 nitrogen and oxygen atoms in total. The van der Waals surface area contributed by atoms with Crippen LogP contribution in [0.4, 0.5) is 8.78 Å². The quantitative estimate of drug-likeness (QED) is 0.318. The molecule has 1 heterocycles. The van der Waals surface area contributed by atoms with Crippen molar-refractivity contribution in [2.75, 3.05) is 13.7 Å². The van der Waals surface area contributed by atoms with Gasteiger partial charge in [0.15, 0.2) is 5.83 Å². The Bertz CT molecular complexity index is 1290. The van der Waals surface area contributed by atoms with Crippen LogP contribution in [0.5, 0.6) is 11.5 Å². The summed E-state index contributed by atoms with van der Waals surface area (Å²) in [5, 5.41) is 9.32. The van der Waals surface area contributed by atoms with Crippen LogP contribution in [0, 0.1) is 5.82 Å². The number of carbonyl (C=O) groups is 1. The van der Waals surface area contributed by atoms with Crippen LogP contribution in [0.25, 0.3) is 16.5 Å². The Labute approximate surface area is 194 Å². The van der Waals surface area contributed by atoms with E-state index in [0.717, 1.165) is 0 Å². The lowest BCUT2D eigenvalue weighted by molar-refractivity contribution is -0.136. The standard InChI is InChI=1S/C25H24F2N2O5/c1-4-17(24(27)20(12-28)29-2)19-9-15(23(26)18-7-8-33-25(18)19)13-34-21-11-16(32-3)6-5-14(21)10-22(30)31/h4-9,11H,2,10,12-13,28H2,1,3H3,(H,30,31)/b17-4-,24-20+. The molecule has 0 aliphatic rings. The number of hydrogen-bond donors (Lipinski definition) is 2. The number of carboxylic acid groups (broad SMARTS) is 1. The maximum absolute atomic E-state index is 15.3. The van der Waals surface area contributed by atoms with E-state index in [9.17, 15) is 9.90 Å². The highest BCUT2D eigenvalue weighted by atomic mass is 19.1. The number of furan rings is 1. The number of allylic oxidation sites excluding steroid dienone is 3. The normalized spacial score (nSPS) is 12.4. The van der Waals surface area contributed by atoms with Crippen LogP contribution in [-0.4, -0.2) is 31.4 Å². The predicted molar refractivity (Wildman–Crippen MR) is 125 cm³/mol. The second kappa shape index (κ2) is 10.8. The van der Waals surface area contributed by atoms with Crippen molar-refractivity contribution in [3.05, 3.63) is 76.7 Å². The number of carboxylic acids is 1. The van der Waals surface area contributed by atoms with Crippen LogP contribution in [-0.2, 0) is 17.8 Å². The number of nitrogens with zero attached hydrogens (tertiary/aromatic N) is 1. The van der Waals surface area contributed by atoms with Gasteiger partial charge in [0.05, 0.1) is 30.9 Å². The van der Waals surface area contributed by atoms with Gasteiger partial charge in [-0.05, 0) is 31.8 Å². The first-order valence-corrected chi connectivity index (χ1v) is 10.3. The Morgan fingerprint density at radius 3 is 2.68 bits per heavy atom. The lowest BCUT2D eigenvalue weighted by Crippen LogP contribution is -2.07. The molecule has 2 aromatic carbocycles. The third-order valence-electron chi connectivity index (χ3n) is 5.20. The number of aliphatic imine (C=N–C) groups is 1. The molecule has 3 N–H and O–H groups in total. The molecule has 0 aliphatic heterocycles. The number of nitrogens with two attached hydrogens (primary N) is 1. The summed E-state index contributed by atoms with van der Waals surface area (Å²) in [6.45, 7) is 4.53. The Kier molecular flexibility index (Phi) is 7.80. The third-order valence-corrected chi connectivity index (χ3v) is 5.20. The van der Waals surface area contributed by atoms with Crippen LogP contribution in [0.1, 0.15) is 23.6 Å². The summed E-state index contributed by atoms with van der Waals surface area (Å²) in [6.07, 6.45) is 2.52. The molecule has 9 heteroatoms. The molecule has 0 spiro atoms. The van der Waals surface area contributed by atoms with E-state index in [1.54, 1.807) is 19.1 Å². The summed E-state index contributed by atoms with van der Waals surface area (Å²) < 4.78 is 46.9. The van der Waals surface area contributed by atoms with E-state index in [1.165, 1.54) is 37.6 Å². The minimum atomic E-state index is -1.05. The maximum Gasteiger partial charge on any atom is 0.307 e. The molecule has 0 radical (unpaired) electrons. The van der Waals surface area contributed by atoms with E-state index in [4.69, 9.17) is 19.6 Å². The van der Waals surface area contributed by atoms with E-state index >= 15 is 8.78 Å². The number of rotatable bonds is 10. The molecule has 0 amide bonds. The van der Waals surface area contributed by atoms with Crippen molar-refractivity contribution >= 4 is 29.2 Å². The van der Waals surface area contributed by atoms with Gasteiger partial charge in [-0.2, -0.15) is 0 Å². The van der Waals surface area contributed by atoms with Crippen molar-refractivity contribution in [2.45, 2.75) is 20.0 Å². The van der Waals surface area contributed by atoms with Gasteiger partial charge in [-0.3, -0.25) is 9.79 Å². The maximum atomic E-state index is 15.3. The first-order chi connectivity index (χ1) is 16.3. The van der Waals surface area contributed by atoms with Gasteiger partial charge in [0.1, 0.15) is 29.5 Å². The molecule has 0 saturated heterocycles. The van der Waals surface area contributed by atoms with Gasteiger partial charge in [0, 0.05) is 34.9 Å². The van der Waals surface area contributed by atoms with Crippen LogP contribution in [0.3, 0.4) is 0 Å². The fourth-order valence-electron chi connectivity index (χ4n) is 3.51. The summed E-state index contributed by atoms with van der Waals surface area (Å²) in [4.78, 5) is 14.9. The molecule has 0 atom stereocenters. The minimum absolute atomic E-state index is 0.0513. The van der Waals surface area contributed by atoms with Crippen molar-refractivity contribution < 1.29 is 32.6 Å². The molecule has 178 valence electrons. The molecule has 34 heavy (non-hydrogen) atoms. The molecular formula is C25H24F2N2O5. The topological polar surface area (TPSA) is 107 Å². The van der Waals surface area contributed by atoms with Crippen LogP contribution < -0.4 is 15.2 Å². The summed E-state index contributed by atoms with van der Waals surface area (Å²) in [5.74, 6) is -1.67. The molecule has 3 rings (SSSR count). The zero-order valence-corrected chi connectivity index (χ0v) is 18.7. The van der Waals surface area contributed by atoms with E-state index in [2.05, 4.69) is 11.7 Å². The second-order valence-corrected chi connectivity index (χ2v) is 7.22. The van der Waals surface area contributed by atoms with Gasteiger partial charge < -0.3 is 24.7 Å². The number of halogens is 2. The molecular weight excluding hydrogens is 446 g/mol. The molecule has 1 aromatic heterocycles. The molecule has 0 bridgehead atoms. The Morgan fingerprint density at radius 1 is 1.29 bits per heavy atom. The highest BCUT2D eigenvalue weighted by Gasteiger charge is 2.21. The summed E-state index contributed by atoms with van der Waals surface area (Å²) in [5.41, 5.74) is 6.57. The average Bonchev–Trinajstić information content (AvgIpc) is 3.32. The molecule has 0 fully saturated rings. The van der Waals surface area contributed by atoms with Crippen LogP contribution >= 0.6 is 0 Å². The Balaban J connectivity index is 2.07. The van der Waals surface area contributed by atoms with Crippen molar-refractivity contribution in [1.29, 1.82) is 0 Å². The highest BCUT2D eigenvalue weighted by molar-refractivity contribution is 5.94. The van der Waals surface area contributed by atoms with Gasteiger partial charge in [0.2, 0.25) is 0 Å². The van der Waals surface area contributed by atoms with E-state index in [0.29, 0.717) is 11.3 Å². The van der Waals surface area contributed by atoms with Crippen LogP contribution in [0.2, 0.25) is 0 Å². The smallest absolute Gasteiger partial charge is 0.307 e. The molecule has 0 aliphatic carbocycles. The average molecular weight is 470 g/mol. The van der Waals surface area contributed by atoms with E-state index in [1.807, 2.05) is 0 Å². The lowest BCUT2D eigenvalue weighted by atomic mass is 9.98. The zero-order chi connectivity index (χ0) is 24.8. The van der Waals surface area contributed by atoms with Gasteiger partial charge in [-0.15, -0.1) is 0 Å². The minimum Gasteiger partial charge on any atom is -0.497 e. The highest BCUT2D eigenvalue weighted by Crippen LogP contribution is 2.36. The second-order valence-electron chi connectivity index (χ2n) is 7.22. The van der Waals surface area contributed by atoms with E-state index in [-0.39, 0.29) is 58.7 Å². The third kappa shape index (κ3) is 4.99. The Hall–Kier alpha value is -3.98. The number of aliphatic carboxylic acids is 1. The fourth-order valence-corrected chi connectivity index (χ4v) is 3.51. The molecule has 0 unspecified atom stereocenters. The number of benzene rings is 2. The SMILES string of the molecule is C=N/C(CN)=C(F)\C(=C/C)c1cc(COc2cc(OC)ccc2CC(=O)O)c(F)c2ccoc12. The van der Waals surface area contributed by atoms with Gasteiger partial charge in [0.25, 0.3) is 0 Å². The largest absolute Gasteiger partial charge is 0.497 e. The molecule has 0 saturated carbocycles. The number of hydrogen-bond acceptors (Lipinski definition) is 6. The van der Waals surface area contributed by atoms with Crippen molar-refractivity contribution in [2.24, 2.45) is 10.7 Å². The van der Waals surface area contributed by atoms with Gasteiger partial charge >= 0.3 is 5.97 Å². The predicted octanol–water partition coefficient (Wildman–Crippen LogP) is 5.03. The van der Waals surface area contributed by atoms with Gasteiger partial charge in [-0.25, -0.2) is 8.78 Å². The fraction of sp³-hybridized carbons (Fsp3) is 0.200. The summed E-state index contributed by atoms with van der Waals surface area (Å²) in [6, 6.07) is 7.56. The number of fused-ring (bicyclic) bond motifs is 1.